The summed E-state index contributed by atoms with van der Waals surface area (Å²) >= 11 is 0. The largest absolute Gasteiger partial charge is 0.416 e. The second-order valence-corrected chi connectivity index (χ2v) is 12.0. The first-order chi connectivity index (χ1) is 22.0. The van der Waals surface area contributed by atoms with E-state index >= 15 is 0 Å². The molecule has 47 heavy (non-hydrogen) atoms. The molecular weight excluding hydrogens is 639 g/mol. The van der Waals surface area contributed by atoms with Gasteiger partial charge in [0, 0.05) is 57.5 Å². The van der Waals surface area contributed by atoms with Gasteiger partial charge in [-0.3, -0.25) is 14.6 Å². The molecule has 2 aliphatic heterocycles. The SMILES string of the molecule is CN(Cc1cc(C(F)(F)F)cc(C(F)(F)F)c1)[C@H]1C[C@@H](C(=O)N2CCN(c3cccc(C(F)(F)F)c3)CC2)N(Cc2ccccc2)C1. The third-order valence-electron chi connectivity index (χ3n) is 8.73. The van der Waals surface area contributed by atoms with Crippen molar-refractivity contribution in [2.75, 3.05) is 44.7 Å². The molecule has 5 nitrogen and oxygen atoms in total. The molecule has 14 heteroatoms. The Kier molecular flexibility index (Phi) is 9.84. The van der Waals surface area contributed by atoms with Crippen LogP contribution < -0.4 is 4.90 Å². The Morgan fingerprint density at radius 3 is 1.89 bits per heavy atom. The number of nitrogens with zero attached hydrogens (tertiary/aromatic N) is 4. The van der Waals surface area contributed by atoms with Crippen LogP contribution in [0.1, 0.15) is 34.2 Å². The number of likely N-dealkylation sites (N-methyl/N-ethyl adjacent to an activating group) is 1. The number of piperazine rings is 1. The molecule has 3 aromatic carbocycles. The molecule has 0 N–H and O–H groups in total. The number of carbonyl (C=O) groups excluding carboxylic acids is 1. The van der Waals surface area contributed by atoms with Crippen LogP contribution in [0.4, 0.5) is 45.2 Å². The highest BCUT2D eigenvalue weighted by Gasteiger charge is 2.42. The molecule has 3 aromatic rings. The van der Waals surface area contributed by atoms with E-state index in [-0.39, 0.29) is 43.2 Å². The van der Waals surface area contributed by atoms with Crippen molar-refractivity contribution in [3.8, 4) is 0 Å². The fourth-order valence-electron chi connectivity index (χ4n) is 6.25. The molecule has 0 unspecified atom stereocenters. The highest BCUT2D eigenvalue weighted by atomic mass is 19.4. The maximum absolute atomic E-state index is 13.9. The van der Waals surface area contributed by atoms with Crippen molar-refractivity contribution in [1.82, 2.24) is 14.7 Å². The van der Waals surface area contributed by atoms with Gasteiger partial charge in [-0.1, -0.05) is 36.4 Å². The van der Waals surface area contributed by atoms with E-state index in [1.807, 2.05) is 35.2 Å². The molecular formula is C33H33F9N4O. The number of halogens is 9. The van der Waals surface area contributed by atoms with Crippen LogP contribution in [0.25, 0.3) is 0 Å². The number of anilines is 1. The van der Waals surface area contributed by atoms with Crippen LogP contribution in [0.2, 0.25) is 0 Å². The third-order valence-corrected chi connectivity index (χ3v) is 8.73. The Hall–Kier alpha value is -3.78. The highest BCUT2D eigenvalue weighted by Crippen LogP contribution is 2.37. The van der Waals surface area contributed by atoms with Gasteiger partial charge in [-0.25, -0.2) is 0 Å². The number of hydrogen-bond acceptors (Lipinski definition) is 4. The van der Waals surface area contributed by atoms with E-state index in [0.29, 0.717) is 38.3 Å². The number of alkyl halides is 9. The summed E-state index contributed by atoms with van der Waals surface area (Å²) in [7, 11) is 1.61. The number of rotatable bonds is 7. The van der Waals surface area contributed by atoms with Crippen molar-refractivity contribution in [3.05, 3.63) is 101 Å². The summed E-state index contributed by atoms with van der Waals surface area (Å²) in [5.74, 6) is -0.182. The van der Waals surface area contributed by atoms with Gasteiger partial charge in [0.05, 0.1) is 22.7 Å². The minimum absolute atomic E-state index is 0.0993. The highest BCUT2D eigenvalue weighted by molar-refractivity contribution is 5.82. The van der Waals surface area contributed by atoms with Gasteiger partial charge in [0.2, 0.25) is 5.91 Å². The van der Waals surface area contributed by atoms with Crippen LogP contribution in [0.3, 0.4) is 0 Å². The lowest BCUT2D eigenvalue weighted by Crippen LogP contribution is -2.53. The third kappa shape index (κ3) is 8.39. The van der Waals surface area contributed by atoms with Crippen LogP contribution in [0.15, 0.2) is 72.8 Å². The van der Waals surface area contributed by atoms with Gasteiger partial charge in [-0.15, -0.1) is 0 Å². The molecule has 0 saturated carbocycles. The van der Waals surface area contributed by atoms with Crippen LogP contribution in [-0.4, -0.2) is 72.5 Å². The zero-order valence-electron chi connectivity index (χ0n) is 25.3. The number of benzene rings is 3. The van der Waals surface area contributed by atoms with Gasteiger partial charge in [-0.2, -0.15) is 39.5 Å². The van der Waals surface area contributed by atoms with Crippen molar-refractivity contribution < 1.29 is 44.3 Å². The summed E-state index contributed by atoms with van der Waals surface area (Å²) in [5, 5.41) is 0. The maximum Gasteiger partial charge on any atom is 0.416 e. The van der Waals surface area contributed by atoms with Gasteiger partial charge in [0.1, 0.15) is 0 Å². The Morgan fingerprint density at radius 1 is 0.723 bits per heavy atom. The molecule has 5 rings (SSSR count). The minimum atomic E-state index is -4.96. The summed E-state index contributed by atoms with van der Waals surface area (Å²) in [5.41, 5.74) is -2.34. The smallest absolute Gasteiger partial charge is 0.368 e. The number of amides is 1. The quantitative estimate of drug-likeness (QED) is 0.249. The van der Waals surface area contributed by atoms with Crippen molar-refractivity contribution in [1.29, 1.82) is 0 Å². The lowest BCUT2D eigenvalue weighted by Gasteiger charge is -2.38. The molecule has 2 saturated heterocycles. The molecule has 0 spiro atoms. The normalized spacial score (nSPS) is 19.9. The Labute approximate surface area is 266 Å². The van der Waals surface area contributed by atoms with Gasteiger partial charge < -0.3 is 9.80 Å². The Morgan fingerprint density at radius 2 is 1.32 bits per heavy atom. The summed E-state index contributed by atoms with van der Waals surface area (Å²) in [4.78, 5) is 21.0. The van der Waals surface area contributed by atoms with Crippen LogP contribution in [0.5, 0.6) is 0 Å². The molecule has 0 radical (unpaired) electrons. The second kappa shape index (κ2) is 13.4. The van der Waals surface area contributed by atoms with Gasteiger partial charge in [0.15, 0.2) is 0 Å². The first-order valence-corrected chi connectivity index (χ1v) is 15.0. The van der Waals surface area contributed by atoms with Gasteiger partial charge in [-0.05, 0) is 61.0 Å². The zero-order valence-corrected chi connectivity index (χ0v) is 25.3. The van der Waals surface area contributed by atoms with Crippen LogP contribution >= 0.6 is 0 Å². The zero-order chi connectivity index (χ0) is 34.1. The number of hydrogen-bond donors (Lipinski definition) is 0. The van der Waals surface area contributed by atoms with Crippen LogP contribution in [0, 0.1) is 0 Å². The van der Waals surface area contributed by atoms with Crippen molar-refractivity contribution in [2.45, 2.75) is 50.1 Å². The fraction of sp³-hybridized carbons (Fsp3) is 0.424. The molecule has 2 heterocycles. The first kappa shape index (κ1) is 34.6. The average Bonchev–Trinajstić information content (AvgIpc) is 3.44. The molecule has 0 bridgehead atoms. The Bertz CT molecular complexity index is 1500. The predicted octanol–water partition coefficient (Wildman–Crippen LogP) is 7.17. The summed E-state index contributed by atoms with van der Waals surface area (Å²) in [6.07, 6.45) is -14.1. The van der Waals surface area contributed by atoms with E-state index in [2.05, 4.69) is 0 Å². The van der Waals surface area contributed by atoms with E-state index in [1.165, 1.54) is 6.07 Å². The van der Waals surface area contributed by atoms with E-state index in [0.717, 1.165) is 29.8 Å². The lowest BCUT2D eigenvalue weighted by atomic mass is 10.0. The van der Waals surface area contributed by atoms with E-state index in [9.17, 15) is 44.3 Å². The number of carbonyl (C=O) groups is 1. The van der Waals surface area contributed by atoms with E-state index < -0.39 is 41.3 Å². The van der Waals surface area contributed by atoms with Crippen molar-refractivity contribution >= 4 is 11.6 Å². The lowest BCUT2D eigenvalue weighted by molar-refractivity contribution is -0.143. The summed E-state index contributed by atoms with van der Waals surface area (Å²) in [6, 6.07) is 14.9. The van der Waals surface area contributed by atoms with Crippen molar-refractivity contribution in [3.63, 3.8) is 0 Å². The summed E-state index contributed by atoms with van der Waals surface area (Å²) < 4.78 is 120. The topological polar surface area (TPSA) is 30.0 Å². The minimum Gasteiger partial charge on any atom is -0.368 e. The average molecular weight is 673 g/mol. The first-order valence-electron chi connectivity index (χ1n) is 15.0. The maximum atomic E-state index is 13.9. The molecule has 2 fully saturated rings. The fourth-order valence-corrected chi connectivity index (χ4v) is 6.25. The number of likely N-dealkylation sites (tertiary alicyclic amines) is 1. The molecule has 0 aromatic heterocycles. The molecule has 2 atom stereocenters. The Balaban J connectivity index is 1.31. The summed E-state index contributed by atoms with van der Waals surface area (Å²) in [6.45, 7) is 1.72. The predicted molar refractivity (Wildman–Crippen MR) is 157 cm³/mol. The second-order valence-electron chi connectivity index (χ2n) is 12.0. The monoisotopic (exact) mass is 672 g/mol. The van der Waals surface area contributed by atoms with E-state index in [1.54, 1.807) is 27.8 Å². The van der Waals surface area contributed by atoms with Gasteiger partial charge >= 0.3 is 18.5 Å². The molecule has 2 aliphatic rings. The van der Waals surface area contributed by atoms with E-state index in [4.69, 9.17) is 0 Å². The molecule has 0 aliphatic carbocycles. The molecule has 254 valence electrons. The van der Waals surface area contributed by atoms with Gasteiger partial charge in [0.25, 0.3) is 0 Å². The molecule has 1 amide bonds. The standard InChI is InChI=1S/C33H33F9N4O/c1-43(19-23-14-25(32(37,38)39)16-26(15-23)33(40,41)42)28-18-29(46(21-28)20-22-6-3-2-4-7-22)30(47)45-12-10-44(11-13-45)27-9-5-8-24(17-27)31(34,35)36/h2-9,14-17,28-29H,10-13,18-21H2,1H3/t28-,29-/m0/s1. The van der Waals surface area contributed by atoms with Crippen LogP contribution in [-0.2, 0) is 36.4 Å². The van der Waals surface area contributed by atoms with Crippen molar-refractivity contribution in [2.24, 2.45) is 0 Å².